The Labute approximate surface area is 178 Å². The van der Waals surface area contributed by atoms with Gasteiger partial charge in [-0.3, -0.25) is 19.2 Å². The minimum absolute atomic E-state index is 0.0110. The van der Waals surface area contributed by atoms with E-state index < -0.39 is 54.3 Å². The number of amides is 4. The molecule has 0 fully saturated rings. The first-order valence-corrected chi connectivity index (χ1v) is 9.62. The van der Waals surface area contributed by atoms with Gasteiger partial charge in [-0.2, -0.15) is 0 Å². The first-order valence-electron chi connectivity index (χ1n) is 9.62. The van der Waals surface area contributed by atoms with E-state index in [0.717, 1.165) is 0 Å². The lowest BCUT2D eigenvalue weighted by Gasteiger charge is -2.23. The molecule has 13 nitrogen and oxygen atoms in total. The van der Waals surface area contributed by atoms with E-state index in [2.05, 4.69) is 25.9 Å². The fourth-order valence-corrected chi connectivity index (χ4v) is 2.56. The van der Waals surface area contributed by atoms with Crippen LogP contribution in [0.5, 0.6) is 0 Å². The van der Waals surface area contributed by atoms with Crippen LogP contribution in [0.2, 0.25) is 0 Å². The molecule has 1 heterocycles. The number of nitrogens with two attached hydrogens (primary N) is 2. The number of H-pyrrole nitrogens is 1. The molecule has 0 saturated heterocycles. The first-order chi connectivity index (χ1) is 14.5. The van der Waals surface area contributed by atoms with Gasteiger partial charge in [0, 0.05) is 24.7 Å². The van der Waals surface area contributed by atoms with Crippen LogP contribution in [0, 0.1) is 5.92 Å². The summed E-state index contributed by atoms with van der Waals surface area (Å²) in [7, 11) is 0. The second kappa shape index (κ2) is 12.3. The van der Waals surface area contributed by atoms with Crippen LogP contribution in [-0.4, -0.2) is 69.3 Å². The number of carboxylic acids is 1. The summed E-state index contributed by atoms with van der Waals surface area (Å²) in [5, 5.41) is 16.4. The van der Waals surface area contributed by atoms with E-state index in [4.69, 9.17) is 11.5 Å². The first kappa shape index (κ1) is 25.6. The molecule has 0 aromatic carbocycles. The Morgan fingerprint density at radius 3 is 2.35 bits per heavy atom. The maximum Gasteiger partial charge on any atom is 0.326 e. The van der Waals surface area contributed by atoms with E-state index in [1.165, 1.54) is 12.5 Å². The van der Waals surface area contributed by atoms with Crippen molar-refractivity contribution >= 4 is 29.6 Å². The quantitative estimate of drug-likeness (QED) is 0.172. The van der Waals surface area contributed by atoms with E-state index in [1.807, 2.05) is 0 Å². The van der Waals surface area contributed by atoms with Crippen molar-refractivity contribution in [2.24, 2.45) is 17.4 Å². The summed E-state index contributed by atoms with van der Waals surface area (Å²) >= 11 is 0. The monoisotopic (exact) mass is 439 g/mol. The highest BCUT2D eigenvalue weighted by Crippen LogP contribution is 2.04. The number of aromatic nitrogens is 2. The molecule has 1 aromatic heterocycles. The number of nitrogens with one attached hydrogen (secondary N) is 4. The molecule has 0 aliphatic heterocycles. The summed E-state index contributed by atoms with van der Waals surface area (Å²) in [6.45, 7) is 2.88. The number of carbonyl (C=O) groups excluding carboxylic acids is 4. The molecule has 13 heteroatoms. The van der Waals surface area contributed by atoms with Crippen molar-refractivity contribution < 1.29 is 29.1 Å². The predicted molar refractivity (Wildman–Crippen MR) is 108 cm³/mol. The SMILES string of the molecule is CC(C)C(NC(=O)C(N)CCC(N)=O)C(=O)NCC(=O)NC(Cc1cnc[nH]1)C(=O)O. The van der Waals surface area contributed by atoms with Gasteiger partial charge >= 0.3 is 5.97 Å². The molecule has 1 aromatic rings. The second-order valence-electron chi connectivity index (χ2n) is 7.30. The Bertz CT molecular complexity index is 780. The van der Waals surface area contributed by atoms with Gasteiger partial charge in [0.2, 0.25) is 23.6 Å². The van der Waals surface area contributed by atoms with Gasteiger partial charge in [-0.25, -0.2) is 9.78 Å². The van der Waals surface area contributed by atoms with Crippen molar-refractivity contribution in [3.05, 3.63) is 18.2 Å². The van der Waals surface area contributed by atoms with Crippen molar-refractivity contribution in [2.75, 3.05) is 6.54 Å². The Morgan fingerprint density at radius 1 is 1.16 bits per heavy atom. The standard InChI is InChI=1S/C18H29N7O6/c1-9(2)15(25-16(28)11(19)3-4-13(20)26)17(29)22-7-14(27)24-12(18(30)31)5-10-6-21-8-23-10/h6,8-9,11-12,15H,3-5,7,19H2,1-2H3,(H2,20,26)(H,21,23)(H,22,29)(H,24,27)(H,25,28)(H,30,31). The highest BCUT2D eigenvalue weighted by atomic mass is 16.4. The summed E-state index contributed by atoms with van der Waals surface area (Å²) in [6, 6.07) is -3.22. The van der Waals surface area contributed by atoms with E-state index in [-0.39, 0.29) is 25.2 Å². The zero-order valence-corrected chi connectivity index (χ0v) is 17.4. The van der Waals surface area contributed by atoms with Gasteiger partial charge in [-0.15, -0.1) is 0 Å². The van der Waals surface area contributed by atoms with Crippen molar-refractivity contribution in [3.63, 3.8) is 0 Å². The Balaban J connectivity index is 2.59. The molecule has 3 unspecified atom stereocenters. The summed E-state index contributed by atoms with van der Waals surface area (Å²) in [5.74, 6) is -4.16. The van der Waals surface area contributed by atoms with Gasteiger partial charge < -0.3 is 37.5 Å². The van der Waals surface area contributed by atoms with Crippen molar-refractivity contribution in [2.45, 2.75) is 51.2 Å². The van der Waals surface area contributed by atoms with Crippen LogP contribution in [-0.2, 0) is 30.4 Å². The highest BCUT2D eigenvalue weighted by molar-refractivity contribution is 5.92. The molecular weight excluding hydrogens is 410 g/mol. The average molecular weight is 439 g/mol. The number of nitrogens with zero attached hydrogens (tertiary/aromatic N) is 1. The summed E-state index contributed by atoms with van der Waals surface area (Å²) in [5.41, 5.74) is 11.2. The number of imidazole rings is 1. The third-order valence-corrected chi connectivity index (χ3v) is 4.32. The van der Waals surface area contributed by atoms with Crippen LogP contribution in [0.25, 0.3) is 0 Å². The molecule has 172 valence electrons. The van der Waals surface area contributed by atoms with Gasteiger partial charge in [-0.05, 0) is 12.3 Å². The molecule has 0 saturated carbocycles. The lowest BCUT2D eigenvalue weighted by atomic mass is 10.0. The largest absolute Gasteiger partial charge is 0.480 e. The van der Waals surface area contributed by atoms with Crippen LogP contribution >= 0.6 is 0 Å². The third-order valence-electron chi connectivity index (χ3n) is 4.32. The predicted octanol–water partition coefficient (Wildman–Crippen LogP) is -2.63. The lowest BCUT2D eigenvalue weighted by molar-refractivity contribution is -0.141. The topological polar surface area (TPSA) is 222 Å². The number of hydrogen-bond acceptors (Lipinski definition) is 7. The molecule has 0 bridgehead atoms. The van der Waals surface area contributed by atoms with Crippen LogP contribution in [0.1, 0.15) is 32.4 Å². The maximum atomic E-state index is 12.4. The zero-order valence-electron chi connectivity index (χ0n) is 17.4. The fourth-order valence-electron chi connectivity index (χ4n) is 2.56. The Morgan fingerprint density at radius 2 is 1.84 bits per heavy atom. The van der Waals surface area contributed by atoms with Crippen LogP contribution in [0.4, 0.5) is 0 Å². The molecule has 4 amide bonds. The molecule has 31 heavy (non-hydrogen) atoms. The van der Waals surface area contributed by atoms with E-state index in [0.29, 0.717) is 5.69 Å². The van der Waals surface area contributed by atoms with Gasteiger partial charge in [0.25, 0.3) is 0 Å². The van der Waals surface area contributed by atoms with E-state index in [1.54, 1.807) is 13.8 Å². The average Bonchev–Trinajstić information content (AvgIpc) is 3.20. The minimum atomic E-state index is -1.24. The zero-order chi connectivity index (χ0) is 23.6. The summed E-state index contributed by atoms with van der Waals surface area (Å²) in [6.07, 6.45) is 2.77. The minimum Gasteiger partial charge on any atom is -0.480 e. The van der Waals surface area contributed by atoms with E-state index >= 15 is 0 Å². The van der Waals surface area contributed by atoms with Gasteiger partial charge in [-0.1, -0.05) is 13.8 Å². The van der Waals surface area contributed by atoms with Gasteiger partial charge in [0.1, 0.15) is 12.1 Å². The third kappa shape index (κ3) is 9.25. The maximum absolute atomic E-state index is 12.4. The number of carbonyl (C=O) groups is 5. The number of aromatic amines is 1. The summed E-state index contributed by atoms with van der Waals surface area (Å²) < 4.78 is 0. The smallest absolute Gasteiger partial charge is 0.326 e. The van der Waals surface area contributed by atoms with Crippen molar-refractivity contribution in [1.82, 2.24) is 25.9 Å². The number of aliphatic carboxylic acids is 1. The molecule has 0 aliphatic rings. The highest BCUT2D eigenvalue weighted by Gasteiger charge is 2.27. The molecule has 0 aliphatic carbocycles. The van der Waals surface area contributed by atoms with Gasteiger partial charge in [0.15, 0.2) is 0 Å². The molecule has 0 spiro atoms. The molecule has 3 atom stereocenters. The van der Waals surface area contributed by atoms with Gasteiger partial charge in [0.05, 0.1) is 18.9 Å². The normalized spacial score (nSPS) is 13.7. The van der Waals surface area contributed by atoms with Crippen LogP contribution in [0.15, 0.2) is 12.5 Å². The fraction of sp³-hybridized carbons (Fsp3) is 0.556. The molecular formula is C18H29N7O6. The molecule has 0 radical (unpaired) electrons. The number of carboxylic acid groups (broad SMARTS) is 1. The Hall–Kier alpha value is -3.48. The number of hydrogen-bond donors (Lipinski definition) is 7. The van der Waals surface area contributed by atoms with Crippen LogP contribution in [0.3, 0.4) is 0 Å². The van der Waals surface area contributed by atoms with Crippen molar-refractivity contribution in [3.8, 4) is 0 Å². The lowest BCUT2D eigenvalue weighted by Crippen LogP contribution is -2.55. The Kier molecular flexibility index (Phi) is 10.1. The number of primary amides is 1. The molecule has 9 N–H and O–H groups in total. The van der Waals surface area contributed by atoms with E-state index in [9.17, 15) is 29.1 Å². The second-order valence-corrected chi connectivity index (χ2v) is 7.30. The summed E-state index contributed by atoms with van der Waals surface area (Å²) in [4.78, 5) is 65.4. The van der Waals surface area contributed by atoms with Crippen molar-refractivity contribution in [1.29, 1.82) is 0 Å². The molecule has 1 rings (SSSR count). The van der Waals surface area contributed by atoms with Crippen LogP contribution < -0.4 is 27.4 Å². The number of rotatable bonds is 13.